The number of carbonyl (C=O) groups is 2. The van der Waals surface area contributed by atoms with E-state index in [1.807, 2.05) is 18.9 Å². The summed E-state index contributed by atoms with van der Waals surface area (Å²) in [6.45, 7) is 5.17. The van der Waals surface area contributed by atoms with Crippen LogP contribution in [0.4, 0.5) is 10.2 Å². The van der Waals surface area contributed by atoms with E-state index in [0.29, 0.717) is 23.9 Å². The number of halogens is 2. The minimum absolute atomic E-state index is 0.00740. The maximum absolute atomic E-state index is 15.4. The van der Waals surface area contributed by atoms with Gasteiger partial charge in [0.15, 0.2) is 11.6 Å². The van der Waals surface area contributed by atoms with Crippen LogP contribution in [0.25, 0.3) is 0 Å². The van der Waals surface area contributed by atoms with Gasteiger partial charge >= 0.3 is 0 Å². The third kappa shape index (κ3) is 6.30. The number of hydrogen-bond acceptors (Lipinski definition) is 7. The van der Waals surface area contributed by atoms with Crippen molar-refractivity contribution in [1.29, 1.82) is 0 Å². The van der Waals surface area contributed by atoms with E-state index in [1.165, 1.54) is 0 Å². The molecule has 1 aromatic heterocycles. The van der Waals surface area contributed by atoms with E-state index in [1.54, 1.807) is 0 Å². The molecule has 184 valence electrons. The lowest BCUT2D eigenvalue weighted by Gasteiger charge is -2.44. The fourth-order valence-electron chi connectivity index (χ4n) is 4.86. The van der Waals surface area contributed by atoms with Gasteiger partial charge in [0.1, 0.15) is 5.69 Å². The number of nitrogens with zero attached hydrogens (tertiary/aromatic N) is 5. The van der Waals surface area contributed by atoms with Crippen molar-refractivity contribution in [3.63, 3.8) is 0 Å². The maximum atomic E-state index is 15.4. The van der Waals surface area contributed by atoms with Crippen LogP contribution in [0.5, 0.6) is 0 Å². The molecule has 2 aliphatic rings. The molecule has 1 aliphatic carbocycles. The third-order valence-corrected chi connectivity index (χ3v) is 7.32. The Morgan fingerprint density at radius 1 is 1.30 bits per heavy atom. The monoisotopic (exact) mass is 484 g/mol. The zero-order valence-electron chi connectivity index (χ0n) is 19.5. The van der Waals surface area contributed by atoms with Crippen molar-refractivity contribution in [3.05, 3.63) is 16.8 Å². The van der Waals surface area contributed by atoms with Gasteiger partial charge in [-0.3, -0.25) is 19.7 Å². The van der Waals surface area contributed by atoms with Crippen LogP contribution < -0.4 is 10.2 Å². The zero-order chi connectivity index (χ0) is 24.1. The van der Waals surface area contributed by atoms with Gasteiger partial charge in [-0.15, -0.1) is 0 Å². The number of hydrogen-bond donors (Lipinski definition) is 2. The fourth-order valence-corrected chi connectivity index (χ4v) is 5.04. The number of rotatable bonds is 9. The molecular formula is C22H34ClFN6O3. The summed E-state index contributed by atoms with van der Waals surface area (Å²) in [7, 11) is 2.03. The summed E-state index contributed by atoms with van der Waals surface area (Å²) >= 11 is 6.12. The molecule has 1 saturated carbocycles. The van der Waals surface area contributed by atoms with Crippen molar-refractivity contribution in [1.82, 2.24) is 25.2 Å². The van der Waals surface area contributed by atoms with Crippen molar-refractivity contribution < 1.29 is 19.2 Å². The smallest absolute Gasteiger partial charge is 0.233 e. The average Bonchev–Trinajstić information content (AvgIpc) is 3.30. The van der Waals surface area contributed by atoms with Crippen molar-refractivity contribution in [2.45, 2.75) is 64.6 Å². The molecule has 0 bridgehead atoms. The van der Waals surface area contributed by atoms with Crippen LogP contribution in [0.1, 0.15) is 51.6 Å². The molecule has 1 aliphatic heterocycles. The number of piperazine rings is 1. The molecule has 1 aromatic rings. The van der Waals surface area contributed by atoms with E-state index in [9.17, 15) is 14.8 Å². The highest BCUT2D eigenvalue weighted by Gasteiger charge is 2.32. The molecule has 2 N–H and O–H groups in total. The average molecular weight is 485 g/mol. The number of amides is 2. The quantitative estimate of drug-likeness (QED) is 0.240. The van der Waals surface area contributed by atoms with Gasteiger partial charge in [-0.2, -0.15) is 4.98 Å². The lowest BCUT2D eigenvalue weighted by atomic mass is 9.92. The first-order valence-electron chi connectivity index (χ1n) is 11.6. The largest absolute Gasteiger partial charge is 0.350 e. The second-order valence-corrected chi connectivity index (χ2v) is 9.60. The summed E-state index contributed by atoms with van der Waals surface area (Å²) in [5.74, 6) is -1.05. The van der Waals surface area contributed by atoms with Gasteiger partial charge in [0, 0.05) is 25.2 Å². The van der Waals surface area contributed by atoms with Crippen molar-refractivity contribution >= 4 is 29.7 Å². The Morgan fingerprint density at radius 2 is 2.00 bits per heavy atom. The van der Waals surface area contributed by atoms with Gasteiger partial charge in [-0.25, -0.2) is 14.4 Å². The molecule has 11 heteroatoms. The third-order valence-electron chi connectivity index (χ3n) is 7.15. The number of carbonyl (C=O) groups excluding carboxylic acids is 2. The lowest BCUT2D eigenvalue weighted by molar-refractivity contribution is -0.155. The Bertz CT molecular complexity index is 841. The van der Waals surface area contributed by atoms with Crippen LogP contribution in [0.2, 0.25) is 5.28 Å². The van der Waals surface area contributed by atoms with E-state index in [0.717, 1.165) is 32.2 Å². The molecular weight excluding hydrogens is 451 g/mol. The molecule has 0 unspecified atom stereocenters. The van der Waals surface area contributed by atoms with E-state index in [-0.39, 0.29) is 54.3 Å². The van der Waals surface area contributed by atoms with Crippen LogP contribution in [-0.4, -0.2) is 76.2 Å². The first-order chi connectivity index (χ1) is 15.7. The van der Waals surface area contributed by atoms with Crippen LogP contribution in [0, 0.1) is 17.7 Å². The number of aromatic nitrogens is 2. The van der Waals surface area contributed by atoms with Gasteiger partial charge in [-0.1, -0.05) is 25.7 Å². The predicted octanol–water partition coefficient (Wildman–Crippen LogP) is 2.46. The molecule has 0 aromatic carbocycles. The summed E-state index contributed by atoms with van der Waals surface area (Å²) in [4.78, 5) is 36.0. The van der Waals surface area contributed by atoms with E-state index < -0.39 is 11.7 Å². The molecule has 2 amide bonds. The minimum Gasteiger partial charge on any atom is -0.350 e. The Labute approximate surface area is 199 Å². The molecule has 9 nitrogen and oxygen atoms in total. The second kappa shape index (κ2) is 11.4. The molecule has 0 spiro atoms. The number of hydroxylamine groups is 2. The summed E-state index contributed by atoms with van der Waals surface area (Å²) in [5, 5.41) is 12.8. The highest BCUT2D eigenvalue weighted by atomic mass is 35.5. The lowest BCUT2D eigenvalue weighted by Crippen LogP contribution is -2.56. The maximum Gasteiger partial charge on any atom is 0.233 e. The second-order valence-electron chi connectivity index (χ2n) is 9.26. The molecule has 3 atom stereocenters. The molecule has 0 radical (unpaired) electrons. The summed E-state index contributed by atoms with van der Waals surface area (Å²) in [6, 6.07) is 0.215. The fraction of sp³-hybridized carbons (Fsp3) is 0.727. The standard InChI is InChI=1S/C22H34ClFN6O3/c1-14-15(2)30(9-8-28(14)3)20-19(24)18(26-22(23)27-20)11-25-21(32)17(12-29(33)13-31)10-16-6-4-5-7-16/h13-17,33H,4-12H2,1-3H3,(H,25,32)/t14-,15-,17-/m1/s1. The van der Waals surface area contributed by atoms with Crippen molar-refractivity contribution in [2.24, 2.45) is 11.8 Å². The first-order valence-corrected chi connectivity index (χ1v) is 12.0. The van der Waals surface area contributed by atoms with Gasteiger partial charge < -0.3 is 10.2 Å². The van der Waals surface area contributed by atoms with Gasteiger partial charge in [0.05, 0.1) is 19.0 Å². The topological polar surface area (TPSA) is 102 Å². The van der Waals surface area contributed by atoms with E-state index in [4.69, 9.17) is 11.6 Å². The number of nitrogens with one attached hydrogen (secondary N) is 1. The summed E-state index contributed by atoms with van der Waals surface area (Å²) in [5.41, 5.74) is 0.00740. The molecule has 1 saturated heterocycles. The van der Waals surface area contributed by atoms with Gasteiger partial charge in [-0.05, 0) is 44.8 Å². The normalized spacial score (nSPS) is 22.9. The first kappa shape index (κ1) is 25.6. The van der Waals surface area contributed by atoms with E-state index in [2.05, 4.69) is 27.1 Å². The Hall–Kier alpha value is -2.04. The Balaban J connectivity index is 1.72. The SMILES string of the molecule is C[C@@H]1[C@@H](C)N(c2nc(Cl)nc(CNC(=O)[C@H](CC3CCCC3)CN(O)C=O)c2F)CCN1C. The van der Waals surface area contributed by atoms with E-state index >= 15 is 4.39 Å². The van der Waals surface area contributed by atoms with Gasteiger partial charge in [0.25, 0.3) is 0 Å². The molecule has 33 heavy (non-hydrogen) atoms. The van der Waals surface area contributed by atoms with Crippen LogP contribution in [0.3, 0.4) is 0 Å². The molecule has 3 rings (SSSR count). The van der Waals surface area contributed by atoms with Crippen LogP contribution >= 0.6 is 11.6 Å². The summed E-state index contributed by atoms with van der Waals surface area (Å²) < 4.78 is 15.4. The minimum atomic E-state index is -0.604. The van der Waals surface area contributed by atoms with Crippen LogP contribution in [-0.2, 0) is 16.1 Å². The van der Waals surface area contributed by atoms with Crippen molar-refractivity contribution in [3.8, 4) is 0 Å². The highest BCUT2D eigenvalue weighted by Crippen LogP contribution is 2.31. The highest BCUT2D eigenvalue weighted by molar-refractivity contribution is 6.28. The Kier molecular flexibility index (Phi) is 8.83. The van der Waals surface area contributed by atoms with Crippen LogP contribution in [0.15, 0.2) is 0 Å². The van der Waals surface area contributed by atoms with Crippen molar-refractivity contribution in [2.75, 3.05) is 31.6 Å². The van der Waals surface area contributed by atoms with Gasteiger partial charge in [0.2, 0.25) is 17.6 Å². The summed E-state index contributed by atoms with van der Waals surface area (Å²) in [6.07, 6.45) is 5.13. The zero-order valence-corrected chi connectivity index (χ0v) is 20.3. The predicted molar refractivity (Wildman–Crippen MR) is 122 cm³/mol. The Morgan fingerprint density at radius 3 is 2.67 bits per heavy atom. The molecule has 2 heterocycles. The number of likely N-dealkylation sites (N-methyl/N-ethyl adjacent to an activating group) is 1. The molecule has 2 fully saturated rings. The number of anilines is 1.